The average Bonchev–Trinajstić information content (AvgIpc) is 2.38. The number of sulfonamides is 1. The quantitative estimate of drug-likeness (QED) is 0.775. The molecule has 0 bridgehead atoms. The van der Waals surface area contributed by atoms with Crippen molar-refractivity contribution in [1.82, 2.24) is 0 Å². The van der Waals surface area contributed by atoms with Crippen LogP contribution in [0.15, 0.2) is 35.6 Å². The van der Waals surface area contributed by atoms with Gasteiger partial charge in [0.2, 0.25) is 10.0 Å². The first-order valence-corrected chi connectivity index (χ1v) is 10.3. The van der Waals surface area contributed by atoms with Gasteiger partial charge < -0.3 is 9.84 Å². The smallest absolute Gasteiger partial charge is 0.338 e. The van der Waals surface area contributed by atoms with Gasteiger partial charge in [-0.2, -0.15) is 0 Å². The number of hydrogen-bond donors (Lipinski definition) is 2. The number of cyclic esters (lactones) is 1. The molecule has 6 nitrogen and oxygen atoms in total. The molecule has 0 fully saturated rings. The summed E-state index contributed by atoms with van der Waals surface area (Å²) >= 11 is 0. The van der Waals surface area contributed by atoms with Gasteiger partial charge in [0.1, 0.15) is 11.4 Å². The van der Waals surface area contributed by atoms with Crippen molar-refractivity contribution < 1.29 is 23.1 Å². The van der Waals surface area contributed by atoms with E-state index in [0.717, 1.165) is 11.8 Å². The molecule has 0 aromatic heterocycles. The maximum Gasteiger partial charge on any atom is 0.338 e. The first-order valence-electron chi connectivity index (χ1n) is 8.43. The van der Waals surface area contributed by atoms with E-state index in [9.17, 15) is 18.3 Å². The highest BCUT2D eigenvalue weighted by atomic mass is 32.2. The molecule has 0 aliphatic carbocycles. The Kier molecular flexibility index (Phi) is 5.16. The van der Waals surface area contributed by atoms with Gasteiger partial charge in [-0.3, -0.25) is 4.72 Å². The van der Waals surface area contributed by atoms with Crippen molar-refractivity contribution in [2.75, 3.05) is 11.0 Å². The summed E-state index contributed by atoms with van der Waals surface area (Å²) in [7, 11) is -3.42. The van der Waals surface area contributed by atoms with E-state index in [0.29, 0.717) is 5.69 Å². The molecule has 1 aromatic rings. The fraction of sp³-hybridized carbons (Fsp3) is 0.526. The SMILES string of the molecule is CC1(C)CC(O)=C(C(c2cccc(NS(C)(=O)=O)c2)C(C)(C)C)C(=O)O1. The lowest BCUT2D eigenvalue weighted by molar-refractivity contribution is -0.155. The van der Waals surface area contributed by atoms with Crippen molar-refractivity contribution >= 4 is 21.7 Å². The minimum absolute atomic E-state index is 0.0210. The molecule has 0 amide bonds. The zero-order valence-electron chi connectivity index (χ0n) is 16.1. The molecule has 144 valence electrons. The van der Waals surface area contributed by atoms with Gasteiger partial charge in [0.25, 0.3) is 0 Å². The third-order valence-electron chi connectivity index (χ3n) is 4.17. The van der Waals surface area contributed by atoms with E-state index >= 15 is 0 Å². The van der Waals surface area contributed by atoms with Gasteiger partial charge in [-0.25, -0.2) is 13.2 Å². The number of aliphatic hydroxyl groups excluding tert-OH is 1. The van der Waals surface area contributed by atoms with E-state index < -0.39 is 32.9 Å². The molecule has 0 radical (unpaired) electrons. The highest BCUT2D eigenvalue weighted by molar-refractivity contribution is 7.92. The van der Waals surface area contributed by atoms with E-state index in [-0.39, 0.29) is 17.8 Å². The third kappa shape index (κ3) is 4.78. The fourth-order valence-corrected chi connectivity index (χ4v) is 3.89. The Morgan fingerprint density at radius 1 is 1.27 bits per heavy atom. The summed E-state index contributed by atoms with van der Waals surface area (Å²) in [5.74, 6) is -0.972. The summed E-state index contributed by atoms with van der Waals surface area (Å²) < 4.78 is 31.0. The molecule has 0 saturated heterocycles. The minimum atomic E-state index is -3.42. The molecule has 1 aliphatic rings. The molecule has 1 aliphatic heterocycles. The van der Waals surface area contributed by atoms with Crippen molar-refractivity contribution in [1.29, 1.82) is 0 Å². The number of anilines is 1. The zero-order valence-corrected chi connectivity index (χ0v) is 16.9. The second kappa shape index (κ2) is 6.61. The lowest BCUT2D eigenvalue weighted by Gasteiger charge is -2.38. The second-order valence-electron chi connectivity index (χ2n) is 8.49. The van der Waals surface area contributed by atoms with E-state index in [1.54, 1.807) is 32.0 Å². The zero-order chi connectivity index (χ0) is 19.9. The molecular formula is C19H27NO5S. The monoisotopic (exact) mass is 381 g/mol. The van der Waals surface area contributed by atoms with Crippen LogP contribution in [-0.4, -0.2) is 31.4 Å². The number of benzene rings is 1. The summed E-state index contributed by atoms with van der Waals surface area (Å²) in [5, 5.41) is 10.6. The highest BCUT2D eigenvalue weighted by Gasteiger charge is 2.42. The van der Waals surface area contributed by atoms with Crippen LogP contribution in [-0.2, 0) is 19.6 Å². The number of hydrogen-bond acceptors (Lipinski definition) is 5. The van der Waals surface area contributed by atoms with Gasteiger partial charge in [0.15, 0.2) is 0 Å². The molecule has 1 heterocycles. The molecule has 2 rings (SSSR count). The second-order valence-corrected chi connectivity index (χ2v) is 10.2. The Labute approximate surface area is 155 Å². The molecule has 7 heteroatoms. The Morgan fingerprint density at radius 3 is 2.38 bits per heavy atom. The average molecular weight is 381 g/mol. The molecule has 1 unspecified atom stereocenters. The summed E-state index contributed by atoms with van der Waals surface area (Å²) in [5.41, 5.74) is 0.196. The molecular weight excluding hydrogens is 354 g/mol. The lowest BCUT2D eigenvalue weighted by atomic mass is 9.70. The van der Waals surface area contributed by atoms with Crippen LogP contribution in [0.1, 0.15) is 52.5 Å². The van der Waals surface area contributed by atoms with Crippen molar-refractivity contribution in [3.63, 3.8) is 0 Å². The van der Waals surface area contributed by atoms with Crippen LogP contribution in [0.25, 0.3) is 0 Å². The van der Waals surface area contributed by atoms with Gasteiger partial charge >= 0.3 is 5.97 Å². The van der Waals surface area contributed by atoms with Crippen LogP contribution < -0.4 is 4.72 Å². The number of nitrogens with one attached hydrogen (secondary N) is 1. The normalized spacial score (nSPS) is 19.1. The molecule has 1 atom stereocenters. The Balaban J connectivity index is 2.57. The first kappa shape index (κ1) is 20.3. The first-order chi connectivity index (χ1) is 11.7. The number of carbonyl (C=O) groups is 1. The lowest BCUT2D eigenvalue weighted by Crippen LogP contribution is -2.38. The number of aliphatic hydroxyl groups is 1. The van der Waals surface area contributed by atoms with Crippen LogP contribution in [0.4, 0.5) is 5.69 Å². The summed E-state index contributed by atoms with van der Waals surface area (Å²) in [6.45, 7) is 9.38. The number of esters is 1. The fourth-order valence-electron chi connectivity index (χ4n) is 3.34. The highest BCUT2D eigenvalue weighted by Crippen LogP contribution is 2.45. The Morgan fingerprint density at radius 2 is 1.88 bits per heavy atom. The number of rotatable bonds is 4. The number of ether oxygens (including phenoxy) is 1. The topological polar surface area (TPSA) is 92.7 Å². The van der Waals surface area contributed by atoms with E-state index in [4.69, 9.17) is 4.74 Å². The van der Waals surface area contributed by atoms with Crippen LogP contribution in [0.5, 0.6) is 0 Å². The predicted molar refractivity (Wildman–Crippen MR) is 102 cm³/mol. The summed E-state index contributed by atoms with van der Waals surface area (Å²) in [6, 6.07) is 6.86. The van der Waals surface area contributed by atoms with E-state index in [1.807, 2.05) is 26.8 Å². The van der Waals surface area contributed by atoms with Crippen LogP contribution in [0.2, 0.25) is 0 Å². The Hall–Kier alpha value is -2.02. The van der Waals surface area contributed by atoms with Crippen molar-refractivity contribution in [3.05, 3.63) is 41.2 Å². The van der Waals surface area contributed by atoms with Crippen LogP contribution in [0.3, 0.4) is 0 Å². The largest absolute Gasteiger partial charge is 0.512 e. The van der Waals surface area contributed by atoms with Gasteiger partial charge in [-0.1, -0.05) is 32.9 Å². The Bertz CT molecular complexity index is 847. The minimum Gasteiger partial charge on any atom is -0.512 e. The maximum atomic E-state index is 12.6. The van der Waals surface area contributed by atoms with Gasteiger partial charge in [-0.05, 0) is 37.0 Å². The number of carbonyl (C=O) groups excluding carboxylic acids is 1. The van der Waals surface area contributed by atoms with Gasteiger partial charge in [0.05, 0.1) is 11.8 Å². The van der Waals surface area contributed by atoms with E-state index in [1.165, 1.54) is 0 Å². The van der Waals surface area contributed by atoms with Gasteiger partial charge in [-0.15, -0.1) is 0 Å². The third-order valence-corrected chi connectivity index (χ3v) is 4.78. The molecule has 1 aromatic carbocycles. The van der Waals surface area contributed by atoms with Crippen LogP contribution in [0, 0.1) is 5.41 Å². The van der Waals surface area contributed by atoms with Crippen molar-refractivity contribution in [2.45, 2.75) is 52.6 Å². The molecule has 0 spiro atoms. The molecule has 0 saturated carbocycles. The van der Waals surface area contributed by atoms with Crippen molar-refractivity contribution in [2.24, 2.45) is 5.41 Å². The standard InChI is InChI=1S/C19H27NO5S/c1-18(2,3)16(15-14(21)11-19(4,5)25-17(15)22)12-8-7-9-13(10-12)20-26(6,23)24/h7-10,16,20-21H,11H2,1-6H3. The van der Waals surface area contributed by atoms with Crippen LogP contribution >= 0.6 is 0 Å². The van der Waals surface area contributed by atoms with Gasteiger partial charge in [0, 0.05) is 18.0 Å². The molecule has 26 heavy (non-hydrogen) atoms. The van der Waals surface area contributed by atoms with E-state index in [2.05, 4.69) is 4.72 Å². The predicted octanol–water partition coefficient (Wildman–Crippen LogP) is 3.73. The maximum absolute atomic E-state index is 12.6. The summed E-state index contributed by atoms with van der Waals surface area (Å²) in [6.07, 6.45) is 1.32. The molecule has 2 N–H and O–H groups in total. The van der Waals surface area contributed by atoms with Crippen molar-refractivity contribution in [3.8, 4) is 0 Å². The summed E-state index contributed by atoms with van der Waals surface area (Å²) in [4.78, 5) is 12.6.